The van der Waals surface area contributed by atoms with Crippen molar-refractivity contribution in [2.24, 2.45) is 0 Å². The molecule has 3 nitrogen and oxygen atoms in total. The van der Waals surface area contributed by atoms with Crippen molar-refractivity contribution in [2.75, 3.05) is 13.2 Å². The van der Waals surface area contributed by atoms with Crippen LogP contribution in [0.25, 0.3) is 0 Å². The normalized spacial score (nSPS) is 17.1. The second-order valence-corrected chi connectivity index (χ2v) is 4.15. The molecule has 2 aromatic rings. The molecule has 4 heteroatoms. The van der Waals surface area contributed by atoms with Crippen LogP contribution in [0.15, 0.2) is 42.6 Å². The molecule has 92 valence electrons. The van der Waals surface area contributed by atoms with Crippen LogP contribution in [0.3, 0.4) is 0 Å². The quantitative estimate of drug-likeness (QED) is 0.779. The minimum absolute atomic E-state index is 0.140. The first kappa shape index (κ1) is 11.0. The maximum atomic E-state index is 13.3. The molecular formula is C14H12FNO2. The van der Waals surface area contributed by atoms with Crippen molar-refractivity contribution >= 4 is 0 Å². The Labute approximate surface area is 104 Å². The van der Waals surface area contributed by atoms with Crippen LogP contribution < -0.4 is 9.47 Å². The Morgan fingerprint density at radius 3 is 3.06 bits per heavy atom. The lowest BCUT2D eigenvalue weighted by molar-refractivity contribution is 0.239. The lowest BCUT2D eigenvalue weighted by atomic mass is 10.0. The van der Waals surface area contributed by atoms with Gasteiger partial charge in [-0.2, -0.15) is 4.39 Å². The SMILES string of the molecule is Fc1ncccc1OCC1COc2ccccc21. The van der Waals surface area contributed by atoms with E-state index < -0.39 is 5.95 Å². The van der Waals surface area contributed by atoms with Crippen LogP contribution in [0.5, 0.6) is 11.5 Å². The highest BCUT2D eigenvalue weighted by Crippen LogP contribution is 2.33. The van der Waals surface area contributed by atoms with E-state index >= 15 is 0 Å². The smallest absolute Gasteiger partial charge is 0.255 e. The minimum atomic E-state index is -0.579. The van der Waals surface area contributed by atoms with E-state index in [2.05, 4.69) is 4.98 Å². The number of benzene rings is 1. The van der Waals surface area contributed by atoms with Crippen molar-refractivity contribution in [3.63, 3.8) is 0 Å². The van der Waals surface area contributed by atoms with Gasteiger partial charge in [0.25, 0.3) is 5.95 Å². The topological polar surface area (TPSA) is 31.4 Å². The second kappa shape index (κ2) is 4.64. The molecule has 18 heavy (non-hydrogen) atoms. The monoisotopic (exact) mass is 245 g/mol. The third kappa shape index (κ3) is 2.01. The molecule has 1 unspecified atom stereocenters. The van der Waals surface area contributed by atoms with Gasteiger partial charge in [-0.15, -0.1) is 0 Å². The van der Waals surface area contributed by atoms with Crippen LogP contribution in [0, 0.1) is 5.95 Å². The lowest BCUT2D eigenvalue weighted by Gasteiger charge is -2.11. The van der Waals surface area contributed by atoms with E-state index in [1.165, 1.54) is 6.20 Å². The van der Waals surface area contributed by atoms with Gasteiger partial charge in [0, 0.05) is 11.8 Å². The van der Waals surface area contributed by atoms with Gasteiger partial charge in [-0.3, -0.25) is 0 Å². The van der Waals surface area contributed by atoms with Crippen LogP contribution in [-0.2, 0) is 0 Å². The van der Waals surface area contributed by atoms with Gasteiger partial charge in [0.15, 0.2) is 5.75 Å². The van der Waals surface area contributed by atoms with Gasteiger partial charge < -0.3 is 9.47 Å². The number of nitrogens with zero attached hydrogens (tertiary/aromatic N) is 1. The molecule has 3 rings (SSSR count). The van der Waals surface area contributed by atoms with Crippen molar-refractivity contribution in [3.8, 4) is 11.5 Å². The van der Waals surface area contributed by atoms with Crippen LogP contribution >= 0.6 is 0 Å². The Morgan fingerprint density at radius 2 is 2.17 bits per heavy atom. The standard InChI is InChI=1S/C14H12FNO2/c15-14-13(6-3-7-16-14)18-9-10-8-17-12-5-2-1-4-11(10)12/h1-7,10H,8-9H2. The highest BCUT2D eigenvalue weighted by atomic mass is 19.1. The molecule has 0 N–H and O–H groups in total. The van der Waals surface area contributed by atoms with E-state index in [1.54, 1.807) is 12.1 Å². The summed E-state index contributed by atoms with van der Waals surface area (Å²) >= 11 is 0. The highest BCUT2D eigenvalue weighted by Gasteiger charge is 2.24. The Morgan fingerprint density at radius 1 is 1.28 bits per heavy atom. The highest BCUT2D eigenvalue weighted by molar-refractivity contribution is 5.39. The Bertz CT molecular complexity index is 559. The predicted molar refractivity (Wildman–Crippen MR) is 64.4 cm³/mol. The van der Waals surface area contributed by atoms with E-state index in [4.69, 9.17) is 9.47 Å². The largest absolute Gasteiger partial charge is 0.493 e. The van der Waals surface area contributed by atoms with E-state index in [0.29, 0.717) is 13.2 Å². The van der Waals surface area contributed by atoms with Crippen molar-refractivity contribution < 1.29 is 13.9 Å². The number of fused-ring (bicyclic) bond motifs is 1. The van der Waals surface area contributed by atoms with E-state index in [9.17, 15) is 4.39 Å². The number of hydrogen-bond acceptors (Lipinski definition) is 3. The summed E-state index contributed by atoms with van der Waals surface area (Å²) in [5.74, 6) is 0.630. The number of halogens is 1. The Balaban J connectivity index is 1.71. The van der Waals surface area contributed by atoms with Gasteiger partial charge in [-0.05, 0) is 18.2 Å². The fourth-order valence-electron chi connectivity index (χ4n) is 2.04. The number of hydrogen-bond donors (Lipinski definition) is 0. The Hall–Kier alpha value is -2.10. The number of pyridine rings is 1. The molecule has 1 aliphatic heterocycles. The number of aromatic nitrogens is 1. The van der Waals surface area contributed by atoms with Crippen LogP contribution in [0.1, 0.15) is 11.5 Å². The third-order valence-electron chi connectivity index (χ3n) is 2.96. The summed E-state index contributed by atoms with van der Waals surface area (Å²) in [6.07, 6.45) is 1.40. The maximum absolute atomic E-state index is 13.3. The average Bonchev–Trinajstić information content (AvgIpc) is 2.81. The molecule has 0 bridgehead atoms. The molecule has 0 saturated heterocycles. The summed E-state index contributed by atoms with van der Waals surface area (Å²) in [5.41, 5.74) is 1.11. The molecule has 0 fully saturated rings. The fraction of sp³-hybridized carbons (Fsp3) is 0.214. The Kier molecular flexibility index (Phi) is 2.84. The minimum Gasteiger partial charge on any atom is -0.493 e. The second-order valence-electron chi connectivity index (χ2n) is 4.15. The molecular weight excluding hydrogens is 233 g/mol. The molecule has 1 aliphatic rings. The van der Waals surface area contributed by atoms with Gasteiger partial charge in [0.05, 0.1) is 19.1 Å². The first-order valence-electron chi connectivity index (χ1n) is 5.79. The van der Waals surface area contributed by atoms with Gasteiger partial charge in [0.1, 0.15) is 5.75 Å². The summed E-state index contributed by atoms with van der Waals surface area (Å²) in [6.45, 7) is 0.959. The zero-order valence-electron chi connectivity index (χ0n) is 9.67. The lowest BCUT2D eigenvalue weighted by Crippen LogP contribution is -2.12. The molecule has 2 heterocycles. The van der Waals surface area contributed by atoms with Gasteiger partial charge in [-0.1, -0.05) is 18.2 Å². The maximum Gasteiger partial charge on any atom is 0.255 e. The molecule has 1 aromatic heterocycles. The number of rotatable bonds is 3. The third-order valence-corrected chi connectivity index (χ3v) is 2.96. The zero-order valence-corrected chi connectivity index (χ0v) is 9.67. The fourth-order valence-corrected chi connectivity index (χ4v) is 2.04. The van der Waals surface area contributed by atoms with Crippen LogP contribution in [0.4, 0.5) is 4.39 Å². The van der Waals surface area contributed by atoms with E-state index in [-0.39, 0.29) is 11.7 Å². The molecule has 0 aliphatic carbocycles. The molecule has 0 saturated carbocycles. The summed E-state index contributed by atoms with van der Waals surface area (Å²) in [6, 6.07) is 11.1. The van der Waals surface area contributed by atoms with Crippen LogP contribution in [-0.4, -0.2) is 18.2 Å². The van der Waals surface area contributed by atoms with Crippen LogP contribution in [0.2, 0.25) is 0 Å². The summed E-state index contributed by atoms with van der Waals surface area (Å²) in [4.78, 5) is 3.55. The molecule has 0 radical (unpaired) electrons. The van der Waals surface area contributed by atoms with Crippen molar-refractivity contribution in [1.29, 1.82) is 0 Å². The summed E-state index contributed by atoms with van der Waals surface area (Å²) < 4.78 is 24.3. The van der Waals surface area contributed by atoms with Gasteiger partial charge in [-0.25, -0.2) is 4.98 Å². The first-order chi connectivity index (χ1) is 8.84. The van der Waals surface area contributed by atoms with Gasteiger partial charge >= 0.3 is 0 Å². The molecule has 0 amide bonds. The van der Waals surface area contributed by atoms with E-state index in [0.717, 1.165) is 11.3 Å². The van der Waals surface area contributed by atoms with Crippen molar-refractivity contribution in [2.45, 2.75) is 5.92 Å². The molecule has 1 aromatic carbocycles. The average molecular weight is 245 g/mol. The first-order valence-corrected chi connectivity index (χ1v) is 5.79. The predicted octanol–water partition coefficient (Wildman–Crippen LogP) is 2.78. The molecule has 0 spiro atoms. The number of para-hydroxylation sites is 1. The van der Waals surface area contributed by atoms with Gasteiger partial charge in [0.2, 0.25) is 0 Å². The molecule has 1 atom stereocenters. The van der Waals surface area contributed by atoms with Crippen molar-refractivity contribution in [1.82, 2.24) is 4.98 Å². The summed E-state index contributed by atoms with van der Waals surface area (Å²) in [7, 11) is 0. The number of ether oxygens (including phenoxy) is 2. The van der Waals surface area contributed by atoms with Crippen molar-refractivity contribution in [3.05, 3.63) is 54.1 Å². The zero-order chi connectivity index (χ0) is 12.4. The van der Waals surface area contributed by atoms with E-state index in [1.807, 2.05) is 24.3 Å². The summed E-state index contributed by atoms with van der Waals surface area (Å²) in [5, 5.41) is 0.